The van der Waals surface area contributed by atoms with Crippen LogP contribution in [0.2, 0.25) is 0 Å². The highest BCUT2D eigenvalue weighted by atomic mass is 32.1. The first-order chi connectivity index (χ1) is 10.7. The molecule has 0 bridgehead atoms. The lowest BCUT2D eigenvalue weighted by Gasteiger charge is -2.02. The summed E-state index contributed by atoms with van der Waals surface area (Å²) in [6, 6.07) is 8.79. The molecule has 7 nitrogen and oxygen atoms in total. The van der Waals surface area contributed by atoms with Crippen LogP contribution in [0, 0.1) is 11.3 Å². The average molecular weight is 310 g/mol. The van der Waals surface area contributed by atoms with Gasteiger partial charge in [-0.15, -0.1) is 15.3 Å². The van der Waals surface area contributed by atoms with Gasteiger partial charge in [0.1, 0.15) is 0 Å². The number of fused-ring (bicyclic) bond motifs is 1. The van der Waals surface area contributed by atoms with Crippen molar-refractivity contribution in [1.82, 2.24) is 19.8 Å². The van der Waals surface area contributed by atoms with Gasteiger partial charge in [-0.2, -0.15) is 9.78 Å². The van der Waals surface area contributed by atoms with Crippen molar-refractivity contribution in [3.05, 3.63) is 40.7 Å². The van der Waals surface area contributed by atoms with Crippen molar-refractivity contribution in [2.45, 2.75) is 18.8 Å². The molecule has 0 radical (unpaired) electrons. The van der Waals surface area contributed by atoms with E-state index in [2.05, 4.69) is 20.6 Å². The largest absolute Gasteiger partial charge is 0.320 e. The van der Waals surface area contributed by atoms with Crippen LogP contribution < -0.4 is 5.32 Å². The number of rotatable bonds is 3. The standard InChI is InChI=1S/C14H10N6OS/c15-7-8-2-1-3-10(6-8)16-12(21)13-19-20-11(9-4-5-9)17-18-14(20)22-13/h1-3,6,9H,4-5H2,(H,16,21). The zero-order valence-electron chi connectivity index (χ0n) is 11.4. The van der Waals surface area contributed by atoms with E-state index in [9.17, 15) is 4.79 Å². The third-order valence-corrected chi connectivity index (χ3v) is 4.30. The zero-order valence-corrected chi connectivity index (χ0v) is 12.2. The summed E-state index contributed by atoms with van der Waals surface area (Å²) in [5, 5.41) is 24.4. The lowest BCUT2D eigenvalue weighted by atomic mass is 10.2. The molecular weight excluding hydrogens is 300 g/mol. The lowest BCUT2D eigenvalue weighted by molar-refractivity contribution is 0.102. The molecule has 3 aromatic rings. The van der Waals surface area contributed by atoms with Crippen LogP contribution in [0.25, 0.3) is 4.96 Å². The van der Waals surface area contributed by atoms with E-state index in [0.717, 1.165) is 18.7 Å². The smallest absolute Gasteiger partial charge is 0.286 e. The SMILES string of the molecule is N#Cc1cccc(NC(=O)c2nn3c(C4CC4)nnc3s2)c1. The Morgan fingerprint density at radius 2 is 2.27 bits per heavy atom. The van der Waals surface area contributed by atoms with Crippen LogP contribution >= 0.6 is 11.3 Å². The fourth-order valence-corrected chi connectivity index (χ4v) is 2.91. The summed E-state index contributed by atoms with van der Waals surface area (Å²) in [4.78, 5) is 12.9. The molecule has 2 aromatic heterocycles. The van der Waals surface area contributed by atoms with Gasteiger partial charge in [-0.1, -0.05) is 17.4 Å². The van der Waals surface area contributed by atoms with E-state index < -0.39 is 0 Å². The fraction of sp³-hybridized carbons (Fsp3) is 0.214. The minimum Gasteiger partial charge on any atom is -0.320 e. The Kier molecular flexibility index (Phi) is 2.87. The van der Waals surface area contributed by atoms with Gasteiger partial charge < -0.3 is 5.32 Å². The number of nitrogens with one attached hydrogen (secondary N) is 1. The van der Waals surface area contributed by atoms with Crippen molar-refractivity contribution in [1.29, 1.82) is 5.26 Å². The highest BCUT2D eigenvalue weighted by Crippen LogP contribution is 2.39. The molecule has 1 N–H and O–H groups in total. The first-order valence-electron chi connectivity index (χ1n) is 6.78. The number of nitrogens with zero attached hydrogens (tertiary/aromatic N) is 5. The first kappa shape index (κ1) is 12.9. The first-order valence-corrected chi connectivity index (χ1v) is 7.60. The van der Waals surface area contributed by atoms with Crippen LogP contribution in [0.1, 0.15) is 39.9 Å². The molecule has 22 heavy (non-hydrogen) atoms. The minimum atomic E-state index is -0.313. The fourth-order valence-electron chi connectivity index (χ4n) is 2.17. The number of carbonyl (C=O) groups is 1. The molecule has 1 aromatic carbocycles. The molecule has 1 saturated carbocycles. The molecular formula is C14H10N6OS. The van der Waals surface area contributed by atoms with Gasteiger partial charge in [-0.3, -0.25) is 4.79 Å². The summed E-state index contributed by atoms with van der Waals surface area (Å²) >= 11 is 1.20. The summed E-state index contributed by atoms with van der Waals surface area (Å²) in [5.74, 6) is 0.935. The van der Waals surface area contributed by atoms with E-state index in [4.69, 9.17) is 5.26 Å². The molecule has 1 fully saturated rings. The summed E-state index contributed by atoms with van der Waals surface area (Å²) < 4.78 is 1.66. The predicted octanol–water partition coefficient (Wildman–Crippen LogP) is 2.19. The number of carbonyl (C=O) groups excluding carboxylic acids is 1. The molecule has 2 heterocycles. The van der Waals surface area contributed by atoms with Gasteiger partial charge in [-0.05, 0) is 31.0 Å². The number of amides is 1. The van der Waals surface area contributed by atoms with E-state index in [1.54, 1.807) is 28.8 Å². The normalized spacial score (nSPS) is 14.0. The Morgan fingerprint density at radius 3 is 3.05 bits per heavy atom. The van der Waals surface area contributed by atoms with Gasteiger partial charge in [0.25, 0.3) is 5.91 Å². The monoisotopic (exact) mass is 310 g/mol. The van der Waals surface area contributed by atoms with Gasteiger partial charge in [0.15, 0.2) is 5.82 Å². The second kappa shape index (κ2) is 4.89. The molecule has 0 saturated heterocycles. The van der Waals surface area contributed by atoms with Crippen molar-refractivity contribution >= 4 is 27.9 Å². The van der Waals surface area contributed by atoms with Crippen LogP contribution in [0.4, 0.5) is 5.69 Å². The van der Waals surface area contributed by atoms with E-state index in [1.807, 2.05) is 6.07 Å². The van der Waals surface area contributed by atoms with E-state index in [0.29, 0.717) is 27.1 Å². The maximum absolute atomic E-state index is 12.3. The zero-order chi connectivity index (χ0) is 15.1. The van der Waals surface area contributed by atoms with Crippen LogP contribution in [-0.4, -0.2) is 25.7 Å². The van der Waals surface area contributed by atoms with Crippen LogP contribution in [0.15, 0.2) is 24.3 Å². The summed E-state index contributed by atoms with van der Waals surface area (Å²) in [7, 11) is 0. The Labute approximate surface area is 129 Å². The van der Waals surface area contributed by atoms with Gasteiger partial charge in [0.05, 0.1) is 11.6 Å². The van der Waals surface area contributed by atoms with Crippen LogP contribution in [-0.2, 0) is 0 Å². The Balaban J connectivity index is 1.61. The Morgan fingerprint density at radius 1 is 1.41 bits per heavy atom. The van der Waals surface area contributed by atoms with Gasteiger partial charge >= 0.3 is 0 Å². The number of anilines is 1. The van der Waals surface area contributed by atoms with Crippen molar-refractivity contribution < 1.29 is 4.79 Å². The van der Waals surface area contributed by atoms with Crippen molar-refractivity contribution in [3.63, 3.8) is 0 Å². The molecule has 1 aliphatic rings. The highest BCUT2D eigenvalue weighted by molar-refractivity contribution is 7.18. The molecule has 1 amide bonds. The van der Waals surface area contributed by atoms with Gasteiger partial charge in [0, 0.05) is 11.6 Å². The molecule has 4 rings (SSSR count). The average Bonchev–Trinajstić information content (AvgIpc) is 3.15. The number of hydrogen-bond acceptors (Lipinski definition) is 6. The number of nitriles is 1. The maximum Gasteiger partial charge on any atom is 0.286 e. The van der Waals surface area contributed by atoms with Gasteiger partial charge in [0.2, 0.25) is 9.97 Å². The number of benzene rings is 1. The Bertz CT molecular complexity index is 917. The second-order valence-electron chi connectivity index (χ2n) is 5.08. The molecule has 108 valence electrons. The lowest BCUT2D eigenvalue weighted by Crippen LogP contribution is -2.12. The van der Waals surface area contributed by atoms with E-state index in [-0.39, 0.29) is 5.91 Å². The number of aromatic nitrogens is 4. The molecule has 0 unspecified atom stereocenters. The maximum atomic E-state index is 12.3. The van der Waals surface area contributed by atoms with Crippen molar-refractivity contribution in [2.24, 2.45) is 0 Å². The number of hydrogen-bond donors (Lipinski definition) is 1. The van der Waals surface area contributed by atoms with Crippen molar-refractivity contribution in [2.75, 3.05) is 5.32 Å². The Hall–Kier alpha value is -2.79. The second-order valence-corrected chi connectivity index (χ2v) is 6.04. The quantitative estimate of drug-likeness (QED) is 0.800. The summed E-state index contributed by atoms with van der Waals surface area (Å²) in [6.45, 7) is 0. The third kappa shape index (κ3) is 2.21. The third-order valence-electron chi connectivity index (χ3n) is 3.40. The summed E-state index contributed by atoms with van der Waals surface area (Å²) in [5.41, 5.74) is 1.06. The minimum absolute atomic E-state index is 0.313. The molecule has 0 spiro atoms. The molecule has 8 heteroatoms. The van der Waals surface area contributed by atoms with Gasteiger partial charge in [-0.25, -0.2) is 0 Å². The molecule has 0 aliphatic heterocycles. The molecule has 0 atom stereocenters. The van der Waals surface area contributed by atoms with Crippen LogP contribution in [0.5, 0.6) is 0 Å². The molecule has 1 aliphatic carbocycles. The summed E-state index contributed by atoms with van der Waals surface area (Å²) in [6.07, 6.45) is 2.20. The van der Waals surface area contributed by atoms with Crippen LogP contribution in [0.3, 0.4) is 0 Å². The van der Waals surface area contributed by atoms with Crippen molar-refractivity contribution in [3.8, 4) is 6.07 Å². The van der Waals surface area contributed by atoms with E-state index >= 15 is 0 Å². The highest BCUT2D eigenvalue weighted by Gasteiger charge is 2.30. The van der Waals surface area contributed by atoms with E-state index in [1.165, 1.54) is 11.3 Å². The topological polar surface area (TPSA) is 96.0 Å². The predicted molar refractivity (Wildman–Crippen MR) is 79.7 cm³/mol.